The molecule has 0 aliphatic rings. The maximum atomic E-state index is 11.5. The van der Waals surface area contributed by atoms with Crippen molar-refractivity contribution in [3.8, 4) is 0 Å². The summed E-state index contributed by atoms with van der Waals surface area (Å²) in [6.07, 6.45) is 1.38. The van der Waals surface area contributed by atoms with E-state index in [0.29, 0.717) is 5.69 Å². The maximum Gasteiger partial charge on any atom is 0.345 e. The predicted molar refractivity (Wildman–Crippen MR) is 36.4 cm³/mol. The van der Waals surface area contributed by atoms with Crippen LogP contribution in [-0.2, 0) is 11.3 Å². The van der Waals surface area contributed by atoms with Gasteiger partial charge in [-0.3, -0.25) is 0 Å². The molecule has 0 aliphatic carbocycles. The molecule has 3 nitrogen and oxygen atoms in total. The van der Waals surface area contributed by atoms with Gasteiger partial charge < -0.3 is 4.74 Å². The molecule has 5 heteroatoms. The van der Waals surface area contributed by atoms with Crippen LogP contribution in [0.15, 0.2) is 6.20 Å². The highest BCUT2D eigenvalue weighted by Crippen LogP contribution is 2.00. The Hall–Kier alpha value is -1.10. The van der Waals surface area contributed by atoms with Gasteiger partial charge in [0, 0.05) is 18.0 Å². The first-order valence-corrected chi connectivity index (χ1v) is 3.28. The summed E-state index contributed by atoms with van der Waals surface area (Å²) >= 11 is 0. The monoisotopic (exact) mass is 173 g/mol. The van der Waals surface area contributed by atoms with E-state index in [2.05, 4.69) is 20.8 Å². The van der Waals surface area contributed by atoms with Crippen molar-refractivity contribution in [3.63, 3.8) is 0 Å². The van der Waals surface area contributed by atoms with E-state index < -0.39 is 6.61 Å². The molecule has 0 saturated carbocycles. The van der Waals surface area contributed by atoms with E-state index in [-0.39, 0.29) is 12.4 Å². The first-order chi connectivity index (χ1) is 5.68. The van der Waals surface area contributed by atoms with E-state index in [1.807, 2.05) is 0 Å². The van der Waals surface area contributed by atoms with Gasteiger partial charge in [0.05, 0.1) is 0 Å². The van der Waals surface area contributed by atoms with Gasteiger partial charge in [-0.15, -0.1) is 0 Å². The Labute approximate surface area is 68.4 Å². The summed E-state index contributed by atoms with van der Waals surface area (Å²) in [6.45, 7) is -1.35. The van der Waals surface area contributed by atoms with Crippen molar-refractivity contribution in [2.75, 3.05) is 0 Å². The van der Waals surface area contributed by atoms with Crippen LogP contribution >= 0.6 is 0 Å². The van der Waals surface area contributed by atoms with E-state index in [1.165, 1.54) is 6.20 Å². The van der Waals surface area contributed by atoms with Crippen LogP contribution in [0.1, 0.15) is 11.5 Å². The Balaban J connectivity index is 2.52. The van der Waals surface area contributed by atoms with Crippen LogP contribution in [0.4, 0.5) is 8.78 Å². The molecule has 12 heavy (non-hydrogen) atoms. The lowest BCUT2D eigenvalue weighted by Crippen LogP contribution is -2.03. The van der Waals surface area contributed by atoms with Crippen molar-refractivity contribution in [1.82, 2.24) is 9.97 Å². The lowest BCUT2D eigenvalue weighted by molar-refractivity contribution is -0.138. The minimum absolute atomic E-state index is 0.242. The average Bonchev–Trinajstić information content (AvgIpc) is 2.01. The molecule has 0 saturated heterocycles. The van der Waals surface area contributed by atoms with Gasteiger partial charge in [-0.05, 0) is 6.92 Å². The Bertz CT molecular complexity index is 255. The molecule has 1 aromatic rings. The van der Waals surface area contributed by atoms with Crippen molar-refractivity contribution in [2.45, 2.75) is 20.1 Å². The Morgan fingerprint density at radius 1 is 1.67 bits per heavy atom. The molecule has 1 radical (unpaired) electrons. The molecule has 0 bridgehead atoms. The van der Waals surface area contributed by atoms with Crippen LogP contribution in [0.25, 0.3) is 0 Å². The lowest BCUT2D eigenvalue weighted by Gasteiger charge is -2.00. The molecular formula is C7H7F2N2O. The Morgan fingerprint density at radius 2 is 2.42 bits per heavy atom. The normalized spacial score (nSPS) is 10.7. The number of ether oxygens (including phenoxy) is 1. The molecule has 1 heterocycles. The summed E-state index contributed by atoms with van der Waals surface area (Å²) < 4.78 is 27.1. The van der Waals surface area contributed by atoms with Crippen LogP contribution in [0.2, 0.25) is 0 Å². The number of halogens is 2. The van der Waals surface area contributed by atoms with Crippen molar-refractivity contribution < 1.29 is 13.5 Å². The number of hydrogen-bond donors (Lipinski definition) is 0. The Kier molecular flexibility index (Phi) is 3.04. The first-order valence-electron chi connectivity index (χ1n) is 3.28. The second-order valence-electron chi connectivity index (χ2n) is 2.09. The summed E-state index contributed by atoms with van der Waals surface area (Å²) in [5, 5.41) is 0. The molecule has 0 unspecified atom stereocenters. The molecule has 0 fully saturated rings. The molecule has 1 rings (SSSR count). The quantitative estimate of drug-likeness (QED) is 0.691. The topological polar surface area (TPSA) is 35.0 Å². The zero-order chi connectivity index (χ0) is 8.97. The molecular weight excluding hydrogens is 166 g/mol. The summed E-state index contributed by atoms with van der Waals surface area (Å²) in [5.74, 6) is 0.242. The van der Waals surface area contributed by atoms with E-state index in [0.717, 1.165) is 0 Å². The van der Waals surface area contributed by atoms with E-state index >= 15 is 0 Å². The van der Waals surface area contributed by atoms with Gasteiger partial charge >= 0.3 is 6.61 Å². The fourth-order valence-electron chi connectivity index (χ4n) is 0.662. The van der Waals surface area contributed by atoms with Gasteiger partial charge in [-0.1, -0.05) is 0 Å². The zero-order valence-corrected chi connectivity index (χ0v) is 6.42. The molecule has 0 aromatic carbocycles. The molecule has 1 aromatic heterocycles. The summed E-state index contributed by atoms with van der Waals surface area (Å²) in [7, 11) is 0. The molecule has 0 amide bonds. The van der Waals surface area contributed by atoms with Crippen LogP contribution < -0.4 is 0 Å². The van der Waals surface area contributed by atoms with Gasteiger partial charge in [-0.25, -0.2) is 9.97 Å². The fraction of sp³-hybridized carbons (Fsp3) is 0.429. The second kappa shape index (κ2) is 4.06. The van der Waals surface area contributed by atoms with Crippen LogP contribution in [-0.4, -0.2) is 16.6 Å². The first kappa shape index (κ1) is 8.99. The van der Waals surface area contributed by atoms with E-state index in [9.17, 15) is 8.78 Å². The third-order valence-corrected chi connectivity index (χ3v) is 1.12. The number of alkyl halides is 2. The smallest absolute Gasteiger partial charge is 0.315 e. The number of rotatable bonds is 3. The number of aromatic nitrogens is 2. The second-order valence-corrected chi connectivity index (χ2v) is 2.09. The van der Waals surface area contributed by atoms with E-state index in [1.54, 1.807) is 6.92 Å². The highest BCUT2D eigenvalue weighted by Gasteiger charge is 2.03. The van der Waals surface area contributed by atoms with Gasteiger partial charge in [0.25, 0.3) is 0 Å². The molecule has 0 aliphatic heterocycles. The largest absolute Gasteiger partial charge is 0.345 e. The summed E-state index contributed by atoms with van der Waals surface area (Å²) in [5.41, 5.74) is 0.609. The SMILES string of the molecule is Cc1[c]cnc(COC(F)F)n1. The van der Waals surface area contributed by atoms with Crippen molar-refractivity contribution in [3.05, 3.63) is 23.8 Å². The minimum Gasteiger partial charge on any atom is -0.315 e. The summed E-state index contributed by atoms with van der Waals surface area (Å²) in [4.78, 5) is 7.51. The standard InChI is InChI=1S/C7H7F2N2O/c1-5-2-3-10-6(11-5)4-12-7(8)9/h3,7H,4H2,1H3. The predicted octanol–water partition coefficient (Wildman–Crippen LogP) is 1.32. The number of aryl methyl sites for hydroxylation is 1. The van der Waals surface area contributed by atoms with Crippen LogP contribution in [0.5, 0.6) is 0 Å². The maximum absolute atomic E-state index is 11.5. The van der Waals surface area contributed by atoms with Crippen molar-refractivity contribution >= 4 is 0 Å². The molecule has 0 N–H and O–H groups in total. The van der Waals surface area contributed by atoms with Gasteiger partial charge in [0.1, 0.15) is 6.61 Å². The zero-order valence-electron chi connectivity index (χ0n) is 6.42. The third kappa shape index (κ3) is 2.87. The van der Waals surface area contributed by atoms with Crippen molar-refractivity contribution in [2.24, 2.45) is 0 Å². The summed E-state index contributed by atoms with van der Waals surface area (Å²) in [6, 6.07) is 2.69. The third-order valence-electron chi connectivity index (χ3n) is 1.12. The molecule has 0 spiro atoms. The fourth-order valence-corrected chi connectivity index (χ4v) is 0.662. The number of nitrogens with zero attached hydrogens (tertiary/aromatic N) is 2. The van der Waals surface area contributed by atoms with E-state index in [4.69, 9.17) is 0 Å². The van der Waals surface area contributed by atoms with Crippen LogP contribution in [0.3, 0.4) is 0 Å². The lowest BCUT2D eigenvalue weighted by atomic mass is 10.4. The Morgan fingerprint density at radius 3 is 3.00 bits per heavy atom. The minimum atomic E-state index is -2.78. The van der Waals surface area contributed by atoms with Gasteiger partial charge in [0.15, 0.2) is 5.82 Å². The highest BCUT2D eigenvalue weighted by molar-refractivity contribution is 4.96. The molecule has 0 atom stereocenters. The van der Waals surface area contributed by atoms with Gasteiger partial charge in [0.2, 0.25) is 0 Å². The average molecular weight is 173 g/mol. The van der Waals surface area contributed by atoms with Gasteiger partial charge in [-0.2, -0.15) is 8.78 Å². The highest BCUT2D eigenvalue weighted by atomic mass is 19.3. The van der Waals surface area contributed by atoms with Crippen molar-refractivity contribution in [1.29, 1.82) is 0 Å². The molecule has 65 valence electrons. The number of hydrogen-bond acceptors (Lipinski definition) is 3. The van der Waals surface area contributed by atoms with Crippen LogP contribution in [0, 0.1) is 13.0 Å².